The molecule has 0 bridgehead atoms. The summed E-state index contributed by atoms with van der Waals surface area (Å²) in [6.07, 6.45) is 2.08. The summed E-state index contributed by atoms with van der Waals surface area (Å²) in [6.45, 7) is 4.33. The van der Waals surface area contributed by atoms with Gasteiger partial charge in [0.1, 0.15) is 5.75 Å². The molecule has 0 amide bonds. The van der Waals surface area contributed by atoms with Gasteiger partial charge in [-0.1, -0.05) is 26.0 Å². The summed E-state index contributed by atoms with van der Waals surface area (Å²) in [5.74, 6) is 0.900. The van der Waals surface area contributed by atoms with Crippen LogP contribution in [0.4, 0.5) is 0 Å². The number of hydrogen-bond donors (Lipinski definition) is 1. The minimum absolute atomic E-state index is 0.00622. The molecule has 78 valence electrons. The molecule has 0 spiro atoms. The summed E-state index contributed by atoms with van der Waals surface area (Å²) in [7, 11) is 1.68. The molecule has 1 nitrogen and oxygen atoms in total. The highest BCUT2D eigenvalue weighted by molar-refractivity contribution is 7.81. The van der Waals surface area contributed by atoms with E-state index in [9.17, 15) is 0 Å². The lowest BCUT2D eigenvalue weighted by Crippen LogP contribution is -2.15. The Bertz CT molecular complexity index is 275. The van der Waals surface area contributed by atoms with E-state index in [1.54, 1.807) is 7.11 Å². The van der Waals surface area contributed by atoms with Crippen LogP contribution in [0.15, 0.2) is 24.3 Å². The molecule has 0 N–H and O–H groups in total. The first kappa shape index (κ1) is 11.4. The standard InChI is InChI=1S/C12H18OS/c1-4-12(14,5-2)10-6-8-11(13-3)9-7-10/h6-9,14H,4-5H2,1-3H3. The second-order valence-electron chi connectivity index (χ2n) is 3.47. The Kier molecular flexibility index (Phi) is 3.87. The number of thiol groups is 1. The van der Waals surface area contributed by atoms with Gasteiger partial charge in [-0.25, -0.2) is 0 Å². The first-order valence-corrected chi connectivity index (χ1v) is 5.48. The second kappa shape index (κ2) is 4.74. The number of benzene rings is 1. The molecule has 1 aromatic carbocycles. The normalized spacial score (nSPS) is 11.4. The minimum Gasteiger partial charge on any atom is -0.497 e. The molecule has 0 radical (unpaired) electrons. The fourth-order valence-corrected chi connectivity index (χ4v) is 1.71. The largest absolute Gasteiger partial charge is 0.497 e. The Balaban J connectivity index is 2.95. The van der Waals surface area contributed by atoms with Gasteiger partial charge in [0.15, 0.2) is 0 Å². The molecule has 0 aliphatic heterocycles. The van der Waals surface area contributed by atoms with Crippen molar-refractivity contribution in [3.8, 4) is 5.75 Å². The Morgan fingerprint density at radius 3 is 2.00 bits per heavy atom. The van der Waals surface area contributed by atoms with Gasteiger partial charge in [-0.2, -0.15) is 12.6 Å². The Morgan fingerprint density at radius 1 is 1.14 bits per heavy atom. The van der Waals surface area contributed by atoms with Crippen LogP contribution in [-0.2, 0) is 4.75 Å². The zero-order chi connectivity index (χ0) is 10.6. The van der Waals surface area contributed by atoms with Crippen molar-refractivity contribution in [2.45, 2.75) is 31.4 Å². The van der Waals surface area contributed by atoms with Crippen LogP contribution in [0.2, 0.25) is 0 Å². The molecule has 0 aromatic heterocycles. The number of hydrogen-bond acceptors (Lipinski definition) is 2. The summed E-state index contributed by atoms with van der Waals surface area (Å²) < 4.78 is 5.13. The SMILES string of the molecule is CCC(S)(CC)c1ccc(OC)cc1. The first-order chi connectivity index (χ1) is 6.66. The molecular weight excluding hydrogens is 192 g/mol. The van der Waals surface area contributed by atoms with E-state index in [0.717, 1.165) is 18.6 Å². The highest BCUT2D eigenvalue weighted by atomic mass is 32.1. The van der Waals surface area contributed by atoms with Crippen molar-refractivity contribution < 1.29 is 4.74 Å². The predicted octanol–water partition coefficient (Wildman–Crippen LogP) is 3.64. The summed E-state index contributed by atoms with van der Waals surface area (Å²) in [4.78, 5) is 0. The molecule has 0 aliphatic rings. The van der Waals surface area contributed by atoms with Crippen molar-refractivity contribution in [1.82, 2.24) is 0 Å². The van der Waals surface area contributed by atoms with Crippen LogP contribution in [0, 0.1) is 0 Å². The van der Waals surface area contributed by atoms with Crippen LogP contribution < -0.4 is 4.74 Å². The smallest absolute Gasteiger partial charge is 0.118 e. The molecular formula is C12H18OS. The van der Waals surface area contributed by atoms with Crippen LogP contribution in [-0.4, -0.2) is 7.11 Å². The third-order valence-corrected chi connectivity index (χ3v) is 3.69. The molecule has 0 atom stereocenters. The monoisotopic (exact) mass is 210 g/mol. The Morgan fingerprint density at radius 2 is 1.64 bits per heavy atom. The molecule has 1 rings (SSSR count). The van der Waals surface area contributed by atoms with Gasteiger partial charge in [-0.05, 0) is 30.5 Å². The van der Waals surface area contributed by atoms with E-state index in [0.29, 0.717) is 0 Å². The van der Waals surface area contributed by atoms with E-state index >= 15 is 0 Å². The van der Waals surface area contributed by atoms with Crippen LogP contribution in [0.3, 0.4) is 0 Å². The van der Waals surface area contributed by atoms with E-state index < -0.39 is 0 Å². The van der Waals surface area contributed by atoms with Crippen molar-refractivity contribution >= 4 is 12.6 Å². The van der Waals surface area contributed by atoms with Gasteiger partial charge in [0, 0.05) is 4.75 Å². The number of rotatable bonds is 4. The molecule has 0 saturated carbocycles. The van der Waals surface area contributed by atoms with Crippen molar-refractivity contribution in [2.24, 2.45) is 0 Å². The lowest BCUT2D eigenvalue weighted by atomic mass is 9.93. The zero-order valence-electron chi connectivity index (χ0n) is 9.08. The maximum atomic E-state index is 5.12. The fraction of sp³-hybridized carbons (Fsp3) is 0.500. The van der Waals surface area contributed by atoms with E-state index in [4.69, 9.17) is 17.4 Å². The van der Waals surface area contributed by atoms with Gasteiger partial charge in [0.2, 0.25) is 0 Å². The molecule has 0 saturated heterocycles. The Hall–Kier alpha value is -0.630. The van der Waals surface area contributed by atoms with Gasteiger partial charge in [-0.15, -0.1) is 0 Å². The summed E-state index contributed by atoms with van der Waals surface area (Å²) in [5.41, 5.74) is 1.27. The van der Waals surface area contributed by atoms with Crippen LogP contribution in [0.25, 0.3) is 0 Å². The Labute approximate surface area is 91.9 Å². The van der Waals surface area contributed by atoms with Gasteiger partial charge in [-0.3, -0.25) is 0 Å². The number of methoxy groups -OCH3 is 1. The molecule has 1 aromatic rings. The van der Waals surface area contributed by atoms with Gasteiger partial charge < -0.3 is 4.74 Å². The van der Waals surface area contributed by atoms with E-state index in [-0.39, 0.29) is 4.75 Å². The number of ether oxygens (including phenoxy) is 1. The van der Waals surface area contributed by atoms with Gasteiger partial charge in [0.05, 0.1) is 7.11 Å². The van der Waals surface area contributed by atoms with Gasteiger partial charge >= 0.3 is 0 Å². The quantitative estimate of drug-likeness (QED) is 0.746. The summed E-state index contributed by atoms with van der Waals surface area (Å²) in [6, 6.07) is 8.18. The van der Waals surface area contributed by atoms with Gasteiger partial charge in [0.25, 0.3) is 0 Å². The predicted molar refractivity (Wildman–Crippen MR) is 64.2 cm³/mol. The average Bonchev–Trinajstić information content (AvgIpc) is 2.28. The first-order valence-electron chi connectivity index (χ1n) is 5.03. The molecule has 0 heterocycles. The van der Waals surface area contributed by atoms with Crippen molar-refractivity contribution in [1.29, 1.82) is 0 Å². The average molecular weight is 210 g/mol. The lowest BCUT2D eigenvalue weighted by Gasteiger charge is -2.26. The maximum absolute atomic E-state index is 5.12. The minimum atomic E-state index is 0.00622. The fourth-order valence-electron chi connectivity index (χ4n) is 1.56. The third-order valence-electron chi connectivity index (χ3n) is 2.80. The van der Waals surface area contributed by atoms with Crippen molar-refractivity contribution in [2.75, 3.05) is 7.11 Å². The zero-order valence-corrected chi connectivity index (χ0v) is 9.97. The van der Waals surface area contributed by atoms with E-state index in [1.807, 2.05) is 12.1 Å². The van der Waals surface area contributed by atoms with Crippen LogP contribution in [0.1, 0.15) is 32.3 Å². The molecule has 0 unspecified atom stereocenters. The molecule has 14 heavy (non-hydrogen) atoms. The molecule has 0 fully saturated rings. The summed E-state index contributed by atoms with van der Waals surface area (Å²) in [5, 5.41) is 0. The summed E-state index contributed by atoms with van der Waals surface area (Å²) >= 11 is 4.73. The van der Waals surface area contributed by atoms with Crippen molar-refractivity contribution in [3.05, 3.63) is 29.8 Å². The molecule has 2 heteroatoms. The molecule has 0 aliphatic carbocycles. The van der Waals surface area contributed by atoms with E-state index in [2.05, 4.69) is 26.0 Å². The van der Waals surface area contributed by atoms with E-state index in [1.165, 1.54) is 5.56 Å². The maximum Gasteiger partial charge on any atom is 0.118 e. The van der Waals surface area contributed by atoms with Crippen LogP contribution in [0.5, 0.6) is 5.75 Å². The van der Waals surface area contributed by atoms with Crippen molar-refractivity contribution in [3.63, 3.8) is 0 Å². The highest BCUT2D eigenvalue weighted by Crippen LogP contribution is 2.35. The third kappa shape index (κ3) is 2.24. The topological polar surface area (TPSA) is 9.23 Å². The lowest BCUT2D eigenvalue weighted by molar-refractivity contribution is 0.414. The highest BCUT2D eigenvalue weighted by Gasteiger charge is 2.22. The van der Waals surface area contributed by atoms with Crippen LogP contribution >= 0.6 is 12.6 Å². The second-order valence-corrected chi connectivity index (χ2v) is 4.32.